The number of hydrogen-bond acceptors (Lipinski definition) is 5. The van der Waals surface area contributed by atoms with Gasteiger partial charge >= 0.3 is 0 Å². The van der Waals surface area contributed by atoms with E-state index in [0.29, 0.717) is 18.9 Å². The highest BCUT2D eigenvalue weighted by atomic mass is 19.1. The molecule has 0 aliphatic carbocycles. The van der Waals surface area contributed by atoms with Gasteiger partial charge in [-0.1, -0.05) is 12.1 Å². The van der Waals surface area contributed by atoms with Crippen molar-refractivity contribution in [3.63, 3.8) is 0 Å². The second-order valence-electron chi connectivity index (χ2n) is 5.42. The fourth-order valence-corrected chi connectivity index (χ4v) is 2.44. The number of carbonyl (C=O) groups is 1. The largest absolute Gasteiger partial charge is 0.421 e. The molecule has 3 rings (SSSR count). The van der Waals surface area contributed by atoms with Crippen LogP contribution in [-0.4, -0.2) is 35.4 Å². The number of nitrogens with one attached hydrogen (secondary N) is 1. The molecule has 0 saturated carbocycles. The summed E-state index contributed by atoms with van der Waals surface area (Å²) < 4.78 is 24.5. The van der Waals surface area contributed by atoms with E-state index in [1.54, 1.807) is 18.2 Å². The molecule has 2 aromatic rings. The van der Waals surface area contributed by atoms with Crippen molar-refractivity contribution in [3.8, 4) is 11.5 Å². The first-order chi connectivity index (χ1) is 11.2. The van der Waals surface area contributed by atoms with Gasteiger partial charge in [0.25, 0.3) is 5.89 Å². The minimum absolute atomic E-state index is 0.0915. The van der Waals surface area contributed by atoms with Gasteiger partial charge in [0.05, 0.1) is 11.7 Å². The second kappa shape index (κ2) is 7.32. The maximum Gasteiger partial charge on any atom is 0.250 e. The molecular formula is C16H18FN3O3. The lowest BCUT2D eigenvalue weighted by molar-refractivity contribution is -0.121. The van der Waals surface area contributed by atoms with Gasteiger partial charge in [0.2, 0.25) is 11.8 Å². The highest BCUT2D eigenvalue weighted by Gasteiger charge is 2.17. The third kappa shape index (κ3) is 4.13. The molecule has 7 heteroatoms. The van der Waals surface area contributed by atoms with Crippen molar-refractivity contribution >= 4 is 5.91 Å². The van der Waals surface area contributed by atoms with E-state index >= 15 is 0 Å². The Kier molecular flexibility index (Phi) is 4.97. The molecule has 1 saturated heterocycles. The zero-order valence-electron chi connectivity index (χ0n) is 12.6. The Balaban J connectivity index is 1.49. The number of amides is 1. The Morgan fingerprint density at radius 2 is 2.22 bits per heavy atom. The fraction of sp³-hybridized carbons (Fsp3) is 0.438. The highest BCUT2D eigenvalue weighted by Crippen LogP contribution is 2.21. The van der Waals surface area contributed by atoms with Gasteiger partial charge in [-0.3, -0.25) is 4.79 Å². The van der Waals surface area contributed by atoms with Crippen LogP contribution in [0.2, 0.25) is 0 Å². The lowest BCUT2D eigenvalue weighted by Gasteiger charge is -2.10. The van der Waals surface area contributed by atoms with Crippen LogP contribution in [0.1, 0.15) is 25.2 Å². The SMILES string of the molecule is O=C(CCc1nnc(-c2ccccc2F)o1)NCC1CCCO1. The monoisotopic (exact) mass is 319 g/mol. The molecule has 1 unspecified atom stereocenters. The third-order valence-corrected chi connectivity index (χ3v) is 3.69. The average molecular weight is 319 g/mol. The summed E-state index contributed by atoms with van der Waals surface area (Å²) in [6.07, 6.45) is 2.71. The van der Waals surface area contributed by atoms with E-state index in [-0.39, 0.29) is 29.9 Å². The Hall–Kier alpha value is -2.28. The van der Waals surface area contributed by atoms with Crippen molar-refractivity contribution in [2.75, 3.05) is 13.2 Å². The smallest absolute Gasteiger partial charge is 0.250 e. The summed E-state index contributed by atoms with van der Waals surface area (Å²) in [7, 11) is 0. The first kappa shape index (κ1) is 15.6. The van der Waals surface area contributed by atoms with Crippen LogP contribution in [0.3, 0.4) is 0 Å². The molecule has 2 heterocycles. The number of nitrogens with zero attached hydrogens (tertiary/aromatic N) is 2. The van der Waals surface area contributed by atoms with Gasteiger partial charge in [-0.25, -0.2) is 4.39 Å². The second-order valence-corrected chi connectivity index (χ2v) is 5.42. The van der Waals surface area contributed by atoms with Gasteiger partial charge < -0.3 is 14.5 Å². The Bertz CT molecular complexity index is 668. The zero-order valence-corrected chi connectivity index (χ0v) is 12.6. The molecule has 1 aromatic carbocycles. The van der Waals surface area contributed by atoms with Crippen molar-refractivity contribution in [3.05, 3.63) is 36.0 Å². The number of ether oxygens (including phenoxy) is 1. The van der Waals surface area contributed by atoms with Crippen LogP contribution in [0.25, 0.3) is 11.5 Å². The first-order valence-corrected chi connectivity index (χ1v) is 7.68. The summed E-state index contributed by atoms with van der Waals surface area (Å²) in [4.78, 5) is 11.8. The van der Waals surface area contributed by atoms with Gasteiger partial charge in [-0.2, -0.15) is 0 Å². The molecule has 0 bridgehead atoms. The van der Waals surface area contributed by atoms with Crippen molar-refractivity contribution in [1.82, 2.24) is 15.5 Å². The molecule has 23 heavy (non-hydrogen) atoms. The predicted molar refractivity (Wildman–Crippen MR) is 80.0 cm³/mol. The van der Waals surface area contributed by atoms with E-state index in [4.69, 9.17) is 9.15 Å². The summed E-state index contributed by atoms with van der Waals surface area (Å²) >= 11 is 0. The normalized spacial score (nSPS) is 17.3. The van der Waals surface area contributed by atoms with Crippen molar-refractivity contribution in [2.24, 2.45) is 0 Å². The highest BCUT2D eigenvalue weighted by molar-refractivity contribution is 5.76. The molecule has 1 atom stereocenters. The fourth-order valence-electron chi connectivity index (χ4n) is 2.44. The quantitative estimate of drug-likeness (QED) is 0.882. The minimum atomic E-state index is -0.419. The summed E-state index contributed by atoms with van der Waals surface area (Å²) in [6, 6.07) is 6.19. The number of hydrogen-bond donors (Lipinski definition) is 1. The molecule has 1 fully saturated rings. The van der Waals surface area contributed by atoms with Gasteiger partial charge in [0.15, 0.2) is 0 Å². The number of carbonyl (C=O) groups excluding carboxylic acids is 1. The lowest BCUT2D eigenvalue weighted by atomic mass is 10.2. The molecule has 0 radical (unpaired) electrons. The van der Waals surface area contributed by atoms with Crippen LogP contribution >= 0.6 is 0 Å². The molecule has 1 N–H and O–H groups in total. The maximum atomic E-state index is 13.6. The Morgan fingerprint density at radius 1 is 1.35 bits per heavy atom. The lowest BCUT2D eigenvalue weighted by Crippen LogP contribution is -2.31. The summed E-state index contributed by atoms with van der Waals surface area (Å²) in [5.74, 6) is -0.0727. The maximum absolute atomic E-state index is 13.6. The Morgan fingerprint density at radius 3 is 3.00 bits per heavy atom. The molecule has 0 spiro atoms. The van der Waals surface area contributed by atoms with Gasteiger partial charge in [0.1, 0.15) is 5.82 Å². The number of benzene rings is 1. The number of rotatable bonds is 6. The van der Waals surface area contributed by atoms with Crippen molar-refractivity contribution in [1.29, 1.82) is 0 Å². The average Bonchev–Trinajstić information content (AvgIpc) is 3.23. The zero-order chi connectivity index (χ0) is 16.1. The topological polar surface area (TPSA) is 77.2 Å². The third-order valence-electron chi connectivity index (χ3n) is 3.69. The molecule has 1 aromatic heterocycles. The van der Waals surface area contributed by atoms with Crippen LogP contribution < -0.4 is 5.32 Å². The van der Waals surface area contributed by atoms with E-state index in [1.807, 2.05) is 0 Å². The molecule has 1 aliphatic heterocycles. The molecule has 1 aliphatic rings. The molecule has 122 valence electrons. The number of halogens is 1. The van der Waals surface area contributed by atoms with Gasteiger partial charge in [-0.15, -0.1) is 10.2 Å². The van der Waals surface area contributed by atoms with E-state index < -0.39 is 5.82 Å². The van der Waals surface area contributed by atoms with Gasteiger partial charge in [-0.05, 0) is 25.0 Å². The number of aromatic nitrogens is 2. The van der Waals surface area contributed by atoms with E-state index in [1.165, 1.54) is 6.07 Å². The van der Waals surface area contributed by atoms with Crippen molar-refractivity contribution < 1.29 is 18.3 Å². The number of aryl methyl sites for hydroxylation is 1. The molecule has 1 amide bonds. The standard InChI is InChI=1S/C16H18FN3O3/c17-13-6-2-1-5-12(13)16-20-19-15(23-16)8-7-14(21)18-10-11-4-3-9-22-11/h1-2,5-6,11H,3-4,7-10H2,(H,18,21). The summed E-state index contributed by atoms with van der Waals surface area (Å²) in [5, 5.41) is 10.5. The summed E-state index contributed by atoms with van der Waals surface area (Å²) in [6.45, 7) is 1.30. The van der Waals surface area contributed by atoms with Crippen LogP contribution in [0.4, 0.5) is 4.39 Å². The molecular weight excluding hydrogens is 301 g/mol. The molecule has 6 nitrogen and oxygen atoms in total. The van der Waals surface area contributed by atoms with Crippen LogP contribution in [0.15, 0.2) is 28.7 Å². The van der Waals surface area contributed by atoms with E-state index in [0.717, 1.165) is 19.4 Å². The van der Waals surface area contributed by atoms with E-state index in [2.05, 4.69) is 15.5 Å². The predicted octanol–water partition coefficient (Wildman–Crippen LogP) is 2.10. The van der Waals surface area contributed by atoms with Crippen LogP contribution in [-0.2, 0) is 16.0 Å². The van der Waals surface area contributed by atoms with Crippen LogP contribution in [0, 0.1) is 5.82 Å². The Labute approximate surface area is 133 Å². The van der Waals surface area contributed by atoms with Crippen molar-refractivity contribution in [2.45, 2.75) is 31.8 Å². The first-order valence-electron chi connectivity index (χ1n) is 7.68. The minimum Gasteiger partial charge on any atom is -0.421 e. The summed E-state index contributed by atoms with van der Waals surface area (Å²) in [5.41, 5.74) is 0.258. The van der Waals surface area contributed by atoms with Gasteiger partial charge in [0, 0.05) is 26.0 Å². The van der Waals surface area contributed by atoms with E-state index in [9.17, 15) is 9.18 Å². The van der Waals surface area contributed by atoms with Crippen LogP contribution in [0.5, 0.6) is 0 Å².